The quantitative estimate of drug-likeness (QED) is 0.789. The number of primary amides is 1. The van der Waals surface area contributed by atoms with E-state index in [1.54, 1.807) is 13.0 Å². The van der Waals surface area contributed by atoms with Gasteiger partial charge in [-0.25, -0.2) is 4.39 Å². The number of nitrogens with two attached hydrogens (primary N) is 2. The predicted octanol–water partition coefficient (Wildman–Crippen LogP) is 1.10. The van der Waals surface area contributed by atoms with Crippen molar-refractivity contribution in [2.24, 2.45) is 11.5 Å². The number of hydrogen-bond acceptors (Lipinski definition) is 3. The molecule has 0 saturated carbocycles. The second kappa shape index (κ2) is 5.46. The van der Waals surface area contributed by atoms with Crippen LogP contribution < -0.4 is 16.2 Å². The fraction of sp³-hybridized carbons (Fsp3) is 0.364. The molecule has 0 unspecified atom stereocenters. The Balaban J connectivity index is 2.64. The summed E-state index contributed by atoms with van der Waals surface area (Å²) < 4.78 is 18.5. The third-order valence-corrected chi connectivity index (χ3v) is 2.09. The van der Waals surface area contributed by atoms with Gasteiger partial charge in [-0.05, 0) is 24.6 Å². The van der Waals surface area contributed by atoms with Crippen molar-refractivity contribution in [1.82, 2.24) is 0 Å². The van der Waals surface area contributed by atoms with Crippen LogP contribution in [0, 0.1) is 5.82 Å². The van der Waals surface area contributed by atoms with Crippen LogP contribution in [0.4, 0.5) is 4.39 Å². The molecule has 1 rings (SSSR count). The number of ether oxygens (including phenoxy) is 1. The number of amides is 1. The molecule has 0 bridgehead atoms. The normalized spacial score (nSPS) is 12.2. The van der Waals surface area contributed by atoms with Crippen molar-refractivity contribution >= 4 is 5.91 Å². The molecule has 4 nitrogen and oxygen atoms in total. The Bertz CT molecular complexity index is 380. The average molecular weight is 226 g/mol. The number of carbonyl (C=O) groups excluding carboxylic acids is 1. The van der Waals surface area contributed by atoms with Gasteiger partial charge in [0.25, 0.3) is 0 Å². The van der Waals surface area contributed by atoms with Crippen LogP contribution in [-0.4, -0.2) is 12.5 Å². The summed E-state index contributed by atoms with van der Waals surface area (Å²) in [4.78, 5) is 10.4. The summed E-state index contributed by atoms with van der Waals surface area (Å²) in [6, 6.07) is 4.28. The average Bonchev–Trinajstić information content (AvgIpc) is 2.19. The Morgan fingerprint density at radius 2 is 2.25 bits per heavy atom. The topological polar surface area (TPSA) is 78.3 Å². The lowest BCUT2D eigenvalue weighted by Gasteiger charge is -2.09. The molecule has 1 aromatic rings. The highest BCUT2D eigenvalue weighted by Gasteiger charge is 2.07. The second-order valence-electron chi connectivity index (χ2n) is 3.54. The van der Waals surface area contributed by atoms with Gasteiger partial charge < -0.3 is 16.2 Å². The molecule has 0 saturated heterocycles. The SMILES string of the molecule is C[C@@H](N)c1ccc(OCCC(N)=O)c(F)c1. The van der Waals surface area contributed by atoms with Crippen LogP contribution in [0.25, 0.3) is 0 Å². The zero-order valence-electron chi connectivity index (χ0n) is 9.07. The van der Waals surface area contributed by atoms with Crippen molar-refractivity contribution in [3.8, 4) is 5.75 Å². The van der Waals surface area contributed by atoms with E-state index >= 15 is 0 Å². The number of benzene rings is 1. The molecule has 0 aliphatic heterocycles. The number of halogens is 1. The van der Waals surface area contributed by atoms with Crippen molar-refractivity contribution in [2.75, 3.05) is 6.61 Å². The third kappa shape index (κ3) is 3.51. The molecule has 0 aromatic heterocycles. The summed E-state index contributed by atoms with van der Waals surface area (Å²) in [6.07, 6.45) is 0.0640. The highest BCUT2D eigenvalue weighted by molar-refractivity contribution is 5.73. The van der Waals surface area contributed by atoms with Gasteiger partial charge >= 0.3 is 0 Å². The van der Waals surface area contributed by atoms with Crippen LogP contribution in [0.1, 0.15) is 24.9 Å². The van der Waals surface area contributed by atoms with E-state index in [1.165, 1.54) is 12.1 Å². The van der Waals surface area contributed by atoms with Gasteiger partial charge in [-0.3, -0.25) is 4.79 Å². The molecule has 88 valence electrons. The van der Waals surface area contributed by atoms with Crippen molar-refractivity contribution in [2.45, 2.75) is 19.4 Å². The molecule has 0 radical (unpaired) electrons. The summed E-state index contributed by atoms with van der Waals surface area (Å²) in [6.45, 7) is 1.84. The first-order valence-corrected chi connectivity index (χ1v) is 4.97. The molecule has 0 aliphatic carbocycles. The van der Waals surface area contributed by atoms with Crippen LogP contribution in [0.3, 0.4) is 0 Å². The molecule has 1 atom stereocenters. The maximum atomic E-state index is 13.4. The molecular weight excluding hydrogens is 211 g/mol. The Morgan fingerprint density at radius 3 is 2.75 bits per heavy atom. The van der Waals surface area contributed by atoms with Crippen molar-refractivity contribution in [3.05, 3.63) is 29.6 Å². The van der Waals surface area contributed by atoms with E-state index in [0.717, 1.165) is 0 Å². The van der Waals surface area contributed by atoms with Crippen molar-refractivity contribution in [3.63, 3.8) is 0 Å². The lowest BCUT2D eigenvalue weighted by Crippen LogP contribution is -2.15. The molecule has 0 fully saturated rings. The van der Waals surface area contributed by atoms with Crippen molar-refractivity contribution in [1.29, 1.82) is 0 Å². The van der Waals surface area contributed by atoms with Gasteiger partial charge in [-0.1, -0.05) is 6.07 Å². The highest BCUT2D eigenvalue weighted by atomic mass is 19.1. The first-order valence-electron chi connectivity index (χ1n) is 4.97. The smallest absolute Gasteiger partial charge is 0.220 e. The Kier molecular flexibility index (Phi) is 4.25. The zero-order valence-corrected chi connectivity index (χ0v) is 9.07. The first kappa shape index (κ1) is 12.4. The summed E-state index contributed by atoms with van der Waals surface area (Å²) in [5.41, 5.74) is 11.2. The summed E-state index contributed by atoms with van der Waals surface area (Å²) >= 11 is 0. The molecular formula is C11H15FN2O2. The summed E-state index contributed by atoms with van der Waals surface area (Å²) in [5.74, 6) is -0.863. The standard InChI is InChI=1S/C11H15FN2O2/c1-7(13)8-2-3-10(9(12)6-8)16-5-4-11(14)15/h2-3,6-7H,4-5,13H2,1H3,(H2,14,15)/t7-/m1/s1. The van der Waals surface area contributed by atoms with Crippen LogP contribution in [0.15, 0.2) is 18.2 Å². The van der Waals surface area contributed by atoms with Crippen LogP contribution in [0.2, 0.25) is 0 Å². The van der Waals surface area contributed by atoms with E-state index in [2.05, 4.69) is 0 Å². The van der Waals surface area contributed by atoms with E-state index in [0.29, 0.717) is 5.56 Å². The minimum absolute atomic E-state index is 0.0640. The van der Waals surface area contributed by atoms with Crippen LogP contribution in [-0.2, 0) is 4.79 Å². The molecule has 0 spiro atoms. The molecule has 1 aromatic carbocycles. The fourth-order valence-corrected chi connectivity index (χ4v) is 1.18. The van der Waals surface area contributed by atoms with E-state index in [9.17, 15) is 9.18 Å². The minimum Gasteiger partial charge on any atom is -0.490 e. The monoisotopic (exact) mass is 226 g/mol. The zero-order chi connectivity index (χ0) is 12.1. The summed E-state index contributed by atoms with van der Waals surface area (Å²) in [7, 11) is 0. The lowest BCUT2D eigenvalue weighted by molar-refractivity contribution is -0.118. The van der Waals surface area contributed by atoms with Gasteiger partial charge in [0, 0.05) is 6.04 Å². The summed E-state index contributed by atoms with van der Waals surface area (Å²) in [5, 5.41) is 0. The number of hydrogen-bond donors (Lipinski definition) is 2. The van der Waals surface area contributed by atoms with Gasteiger partial charge in [0.15, 0.2) is 11.6 Å². The van der Waals surface area contributed by atoms with Gasteiger partial charge in [-0.15, -0.1) is 0 Å². The molecule has 5 heteroatoms. The molecule has 0 heterocycles. The largest absolute Gasteiger partial charge is 0.490 e. The van der Waals surface area contributed by atoms with Crippen molar-refractivity contribution < 1.29 is 13.9 Å². The first-order chi connectivity index (χ1) is 7.50. The Labute approximate surface area is 93.4 Å². The van der Waals surface area contributed by atoms with Crippen LogP contribution in [0.5, 0.6) is 5.75 Å². The molecule has 4 N–H and O–H groups in total. The lowest BCUT2D eigenvalue weighted by atomic mass is 10.1. The van der Waals surface area contributed by atoms with Crippen LogP contribution >= 0.6 is 0 Å². The fourth-order valence-electron chi connectivity index (χ4n) is 1.18. The Morgan fingerprint density at radius 1 is 1.56 bits per heavy atom. The van der Waals surface area contributed by atoms with E-state index < -0.39 is 11.7 Å². The van der Waals surface area contributed by atoms with E-state index in [4.69, 9.17) is 16.2 Å². The third-order valence-electron chi connectivity index (χ3n) is 2.09. The minimum atomic E-state index is -0.487. The Hall–Kier alpha value is -1.62. The van der Waals surface area contributed by atoms with Gasteiger partial charge in [0.1, 0.15) is 0 Å². The maximum Gasteiger partial charge on any atom is 0.220 e. The molecule has 16 heavy (non-hydrogen) atoms. The predicted molar refractivity (Wildman–Crippen MR) is 58.3 cm³/mol. The maximum absolute atomic E-state index is 13.4. The highest BCUT2D eigenvalue weighted by Crippen LogP contribution is 2.21. The number of rotatable bonds is 5. The second-order valence-corrected chi connectivity index (χ2v) is 3.54. The van der Waals surface area contributed by atoms with E-state index in [-0.39, 0.29) is 24.8 Å². The van der Waals surface area contributed by atoms with Gasteiger partial charge in [-0.2, -0.15) is 0 Å². The van der Waals surface area contributed by atoms with E-state index in [1.807, 2.05) is 0 Å². The molecule has 0 aliphatic rings. The van der Waals surface area contributed by atoms with Gasteiger partial charge in [0.2, 0.25) is 5.91 Å². The number of carbonyl (C=O) groups is 1. The van der Waals surface area contributed by atoms with Gasteiger partial charge in [0.05, 0.1) is 13.0 Å². The molecule has 1 amide bonds.